The minimum absolute atomic E-state index is 0.778. The van der Waals surface area contributed by atoms with Crippen molar-refractivity contribution in [1.82, 2.24) is 0 Å². The number of rotatable bonds is 0. The van der Waals surface area contributed by atoms with Gasteiger partial charge in [-0.3, -0.25) is 0 Å². The molecule has 6 rings (SSSR count). The third-order valence-electron chi connectivity index (χ3n) is 4.59. The predicted octanol–water partition coefficient (Wildman–Crippen LogP) is 9.52. The van der Waals surface area contributed by atoms with Gasteiger partial charge in [0.25, 0.3) is 0 Å². The molecule has 2 nitrogen and oxygen atoms in total. The quantitative estimate of drug-likeness (QED) is 0.373. The molecule has 0 radical (unpaired) electrons. The lowest BCUT2D eigenvalue weighted by Crippen LogP contribution is -1.53. The molecule has 0 unspecified atom stereocenters. The van der Waals surface area contributed by atoms with Gasteiger partial charge in [0.05, 0.1) is 6.54 Å². The summed E-state index contributed by atoms with van der Waals surface area (Å²) in [5.41, 5.74) is 0. The number of nitrogens with zero attached hydrogens (tertiary/aromatic N) is 2. The average molecular weight is 429 g/mol. The smallest absolute Gasteiger partial charge is 0.0802 e. The number of allylic oxidation sites excluding steroid dienone is 6. The number of benzene rings is 2. The van der Waals surface area contributed by atoms with Crippen molar-refractivity contribution in [1.29, 1.82) is 0 Å². The SMILES string of the molecule is C1=CCC=C1.C1=CCCC1.C1=CN=NC1.C1CCCC1.c1ccccc1.c1ccccc1. The van der Waals surface area contributed by atoms with Crippen LogP contribution in [0.1, 0.15) is 57.8 Å². The molecule has 2 heteroatoms. The standard InChI is InChI=1S/2C6H6.C5H10.C5H8.C5H6.C3H4N2/c2*1-2-4-6-5-3-1;4*1-2-4-5-3-1/h2*1-6H;1-5H2;1-2H,3-5H2;1-4H,5H2;1-2H,3H2. The zero-order chi connectivity index (χ0) is 22.6. The van der Waals surface area contributed by atoms with Crippen molar-refractivity contribution >= 4 is 0 Å². The van der Waals surface area contributed by atoms with E-state index in [1.807, 2.05) is 78.9 Å². The second-order valence-corrected chi connectivity index (χ2v) is 7.40. The molecule has 1 saturated carbocycles. The zero-order valence-corrected chi connectivity index (χ0v) is 19.5. The van der Waals surface area contributed by atoms with Crippen LogP contribution >= 0.6 is 0 Å². The van der Waals surface area contributed by atoms with Crippen LogP contribution in [0, 0.1) is 0 Å². The summed E-state index contributed by atoms with van der Waals surface area (Å²) < 4.78 is 0. The van der Waals surface area contributed by atoms with Crippen molar-refractivity contribution in [3.63, 3.8) is 0 Å². The average Bonchev–Trinajstić information content (AvgIpc) is 3.73. The van der Waals surface area contributed by atoms with E-state index in [2.05, 4.69) is 46.7 Å². The Hall–Kier alpha value is -3.00. The highest BCUT2D eigenvalue weighted by Crippen LogP contribution is 2.15. The van der Waals surface area contributed by atoms with E-state index in [0.717, 1.165) is 13.0 Å². The minimum Gasteiger partial charge on any atom is -0.185 e. The van der Waals surface area contributed by atoms with E-state index >= 15 is 0 Å². The molecule has 0 atom stereocenters. The van der Waals surface area contributed by atoms with Crippen LogP contribution in [0.15, 0.2) is 132 Å². The lowest BCUT2D eigenvalue weighted by molar-refractivity contribution is 0.886. The van der Waals surface area contributed by atoms with Crippen molar-refractivity contribution < 1.29 is 0 Å². The highest BCUT2D eigenvalue weighted by Gasteiger charge is 1.95. The van der Waals surface area contributed by atoms with E-state index in [4.69, 9.17) is 0 Å². The van der Waals surface area contributed by atoms with Crippen LogP contribution in [-0.4, -0.2) is 6.54 Å². The van der Waals surface area contributed by atoms with E-state index in [0.29, 0.717) is 0 Å². The summed E-state index contributed by atoms with van der Waals surface area (Å²) in [7, 11) is 0. The lowest BCUT2D eigenvalue weighted by Gasteiger charge is -1.69. The van der Waals surface area contributed by atoms with Crippen LogP contribution in [0.2, 0.25) is 0 Å². The summed E-state index contributed by atoms with van der Waals surface area (Å²) in [6.45, 7) is 0.778. The molecule has 32 heavy (non-hydrogen) atoms. The van der Waals surface area contributed by atoms with Gasteiger partial charge in [-0.15, -0.1) is 0 Å². The van der Waals surface area contributed by atoms with Crippen molar-refractivity contribution in [2.24, 2.45) is 10.2 Å². The maximum atomic E-state index is 3.60. The number of hydrogen-bond donors (Lipinski definition) is 0. The van der Waals surface area contributed by atoms with Crippen molar-refractivity contribution in [3.05, 3.63) is 122 Å². The molecule has 170 valence electrons. The maximum Gasteiger partial charge on any atom is 0.0802 e. The molecule has 2 aromatic carbocycles. The Morgan fingerprint density at radius 3 is 0.969 bits per heavy atom. The molecule has 0 amide bonds. The Balaban J connectivity index is 0.000000192. The molecule has 0 aromatic heterocycles. The van der Waals surface area contributed by atoms with E-state index in [9.17, 15) is 0 Å². The Morgan fingerprint density at radius 1 is 0.406 bits per heavy atom. The topological polar surface area (TPSA) is 24.7 Å². The second kappa shape index (κ2) is 24.3. The molecule has 0 saturated heterocycles. The fourth-order valence-corrected chi connectivity index (χ4v) is 2.87. The number of azo groups is 1. The summed E-state index contributed by atoms with van der Waals surface area (Å²) in [4.78, 5) is 0. The van der Waals surface area contributed by atoms with E-state index in [-0.39, 0.29) is 0 Å². The Labute approximate surface area is 196 Å². The highest BCUT2D eigenvalue weighted by molar-refractivity contribution is 5.12. The molecule has 4 aliphatic rings. The molecule has 1 aliphatic heterocycles. The molecule has 0 N–H and O–H groups in total. The summed E-state index contributed by atoms with van der Waals surface area (Å²) in [6, 6.07) is 24.0. The Morgan fingerprint density at radius 2 is 0.812 bits per heavy atom. The minimum atomic E-state index is 0.778. The fourth-order valence-electron chi connectivity index (χ4n) is 2.87. The summed E-state index contributed by atoms with van der Waals surface area (Å²) >= 11 is 0. The van der Waals surface area contributed by atoms with Gasteiger partial charge < -0.3 is 0 Å². The highest BCUT2D eigenvalue weighted by atomic mass is 15.1. The monoisotopic (exact) mass is 428 g/mol. The third-order valence-corrected chi connectivity index (χ3v) is 4.59. The molecule has 0 bridgehead atoms. The second-order valence-electron chi connectivity index (χ2n) is 7.40. The van der Waals surface area contributed by atoms with Gasteiger partial charge in [-0.1, -0.05) is 141 Å². The van der Waals surface area contributed by atoms with Gasteiger partial charge in [-0.2, -0.15) is 10.2 Å². The predicted molar refractivity (Wildman–Crippen MR) is 141 cm³/mol. The first-order valence-electron chi connectivity index (χ1n) is 12.0. The van der Waals surface area contributed by atoms with Crippen LogP contribution in [0.5, 0.6) is 0 Å². The number of hydrogen-bond acceptors (Lipinski definition) is 2. The Kier molecular flexibility index (Phi) is 20.5. The first kappa shape index (κ1) is 27.0. The van der Waals surface area contributed by atoms with Crippen LogP contribution < -0.4 is 0 Å². The normalized spacial score (nSPS) is 15.5. The molecule has 2 aromatic rings. The van der Waals surface area contributed by atoms with Gasteiger partial charge in [-0.25, -0.2) is 0 Å². The Bertz CT molecular complexity index is 598. The maximum absolute atomic E-state index is 3.60. The van der Waals surface area contributed by atoms with Crippen LogP contribution in [0.25, 0.3) is 0 Å². The van der Waals surface area contributed by atoms with Gasteiger partial charge >= 0.3 is 0 Å². The van der Waals surface area contributed by atoms with Gasteiger partial charge in [-0.05, 0) is 31.8 Å². The molecule has 1 heterocycles. The van der Waals surface area contributed by atoms with Crippen molar-refractivity contribution in [2.45, 2.75) is 57.8 Å². The van der Waals surface area contributed by atoms with Gasteiger partial charge in [0.15, 0.2) is 0 Å². The molecule has 0 spiro atoms. The first-order chi connectivity index (χ1) is 16.0. The van der Waals surface area contributed by atoms with Gasteiger partial charge in [0.2, 0.25) is 0 Å². The fraction of sp³-hybridized carbons (Fsp3) is 0.333. The largest absolute Gasteiger partial charge is 0.185 e. The third kappa shape index (κ3) is 21.7. The molecular formula is C30H40N2. The summed E-state index contributed by atoms with van der Waals surface area (Å²) in [5.74, 6) is 0. The van der Waals surface area contributed by atoms with Crippen molar-refractivity contribution in [3.8, 4) is 0 Å². The summed E-state index contributed by atoms with van der Waals surface area (Å²) in [5, 5.41) is 7.12. The summed E-state index contributed by atoms with van der Waals surface area (Å²) in [6.07, 6.45) is 29.1. The van der Waals surface area contributed by atoms with E-state index in [1.165, 1.54) is 51.4 Å². The van der Waals surface area contributed by atoms with Crippen LogP contribution in [0.3, 0.4) is 0 Å². The lowest BCUT2D eigenvalue weighted by atomic mass is 10.4. The zero-order valence-electron chi connectivity index (χ0n) is 19.5. The van der Waals surface area contributed by atoms with Gasteiger partial charge in [0, 0.05) is 6.20 Å². The first-order valence-corrected chi connectivity index (χ1v) is 12.0. The van der Waals surface area contributed by atoms with Gasteiger partial charge in [0.1, 0.15) is 0 Å². The van der Waals surface area contributed by atoms with Crippen molar-refractivity contribution in [2.75, 3.05) is 6.54 Å². The van der Waals surface area contributed by atoms with E-state index < -0.39 is 0 Å². The van der Waals surface area contributed by atoms with E-state index in [1.54, 1.807) is 6.20 Å². The molecule has 1 fully saturated rings. The van der Waals surface area contributed by atoms with Crippen LogP contribution in [0.4, 0.5) is 0 Å². The molecule has 3 aliphatic carbocycles. The molecular weight excluding hydrogens is 388 g/mol. The van der Waals surface area contributed by atoms with Crippen LogP contribution in [-0.2, 0) is 0 Å².